The second-order valence-electron chi connectivity index (χ2n) is 7.17. The molecule has 1 heterocycles. The second-order valence-corrected chi connectivity index (χ2v) is 7.60. The van der Waals surface area contributed by atoms with Gasteiger partial charge in [0.05, 0.1) is 12.7 Å². The molecule has 0 amide bonds. The van der Waals surface area contributed by atoms with Crippen LogP contribution in [0.5, 0.6) is 0 Å². The maximum absolute atomic E-state index is 10.4. The van der Waals surface area contributed by atoms with Crippen molar-refractivity contribution in [2.45, 2.75) is 18.6 Å². The molecule has 2 unspecified atom stereocenters. The maximum atomic E-state index is 10.4. The average molecular weight is 394 g/mol. The van der Waals surface area contributed by atoms with Gasteiger partial charge in [-0.25, -0.2) is 0 Å². The number of morpholine rings is 1. The number of rotatable bonds is 4. The van der Waals surface area contributed by atoms with Gasteiger partial charge < -0.3 is 15.2 Å². The van der Waals surface area contributed by atoms with E-state index in [4.69, 9.17) is 16.3 Å². The maximum Gasteiger partial charge on any atom is 0.131 e. The summed E-state index contributed by atoms with van der Waals surface area (Å²) in [6.45, 7) is 3.85. The van der Waals surface area contributed by atoms with Crippen molar-refractivity contribution in [2.75, 3.05) is 19.7 Å². The fourth-order valence-corrected chi connectivity index (χ4v) is 4.18. The molecule has 0 radical (unpaired) electrons. The number of ether oxygens (including phenoxy) is 1. The predicted octanol–water partition coefficient (Wildman–Crippen LogP) is 4.92. The molecule has 3 nitrogen and oxygen atoms in total. The van der Waals surface area contributed by atoms with Crippen LogP contribution in [0.15, 0.2) is 72.8 Å². The molecule has 1 aliphatic rings. The Balaban J connectivity index is 1.95. The van der Waals surface area contributed by atoms with Gasteiger partial charge in [0.15, 0.2) is 0 Å². The summed E-state index contributed by atoms with van der Waals surface area (Å²) in [6.07, 6.45) is -0.582. The van der Waals surface area contributed by atoms with E-state index in [9.17, 15) is 5.11 Å². The van der Waals surface area contributed by atoms with Crippen molar-refractivity contribution in [1.29, 1.82) is 0 Å². The molecule has 3 aromatic carbocycles. The molecule has 2 atom stereocenters. The summed E-state index contributed by atoms with van der Waals surface area (Å²) in [4.78, 5) is 0. The van der Waals surface area contributed by atoms with E-state index in [2.05, 4.69) is 23.5 Å². The Morgan fingerprint density at radius 1 is 0.964 bits per heavy atom. The number of nitrogens with one attached hydrogen (secondary N) is 1. The lowest BCUT2D eigenvalue weighted by Crippen LogP contribution is -2.49. The molecule has 4 heteroatoms. The molecular formula is C24H24ClNO2. The Morgan fingerprint density at radius 2 is 1.64 bits per heavy atom. The molecule has 4 rings (SSSR count). The average Bonchev–Trinajstić information content (AvgIpc) is 2.75. The van der Waals surface area contributed by atoms with E-state index in [0.717, 1.165) is 34.4 Å². The van der Waals surface area contributed by atoms with Gasteiger partial charge in [-0.1, -0.05) is 72.3 Å². The number of hydrogen-bond acceptors (Lipinski definition) is 3. The van der Waals surface area contributed by atoms with Crippen molar-refractivity contribution < 1.29 is 9.84 Å². The minimum Gasteiger partial charge on any atom is -0.389 e. The topological polar surface area (TPSA) is 41.5 Å². The SMILES string of the molecule is CC(O)c1ccccc1C1(c2ccccc2-c2ccc(Cl)cc2)CNCCO1. The summed E-state index contributed by atoms with van der Waals surface area (Å²) < 4.78 is 6.51. The number of aliphatic hydroxyl groups is 1. The fraction of sp³-hybridized carbons (Fsp3) is 0.250. The molecule has 3 aromatic rings. The Hall–Kier alpha value is -2.17. The van der Waals surface area contributed by atoms with Crippen molar-refractivity contribution in [1.82, 2.24) is 5.32 Å². The highest BCUT2D eigenvalue weighted by atomic mass is 35.5. The summed E-state index contributed by atoms with van der Waals surface area (Å²) in [5, 5.41) is 14.6. The number of halogens is 1. The largest absolute Gasteiger partial charge is 0.389 e. The van der Waals surface area contributed by atoms with Crippen LogP contribution in [0.2, 0.25) is 5.02 Å². The Morgan fingerprint density at radius 3 is 2.32 bits per heavy atom. The number of hydrogen-bond donors (Lipinski definition) is 2. The first-order chi connectivity index (χ1) is 13.6. The van der Waals surface area contributed by atoms with Gasteiger partial charge in [-0.05, 0) is 46.9 Å². The standard InChI is InChI=1S/C24H24ClNO2/c1-17(27)20-6-2-4-8-22(20)24(16-26-14-15-28-24)23-9-5-3-7-21(23)18-10-12-19(25)13-11-18/h2-13,17,26-27H,14-16H2,1H3. The van der Waals surface area contributed by atoms with Crippen molar-refractivity contribution >= 4 is 11.6 Å². The zero-order chi connectivity index (χ0) is 19.6. The summed E-state index contributed by atoms with van der Waals surface area (Å²) >= 11 is 6.10. The Labute approximate surface area is 170 Å². The molecule has 0 spiro atoms. The van der Waals surface area contributed by atoms with Crippen molar-refractivity contribution in [3.8, 4) is 11.1 Å². The van der Waals surface area contributed by atoms with Crippen LogP contribution in [0.4, 0.5) is 0 Å². The third-order valence-electron chi connectivity index (χ3n) is 5.36. The second kappa shape index (κ2) is 8.06. The highest BCUT2D eigenvalue weighted by Gasteiger charge is 2.41. The van der Waals surface area contributed by atoms with Gasteiger partial charge in [-0.2, -0.15) is 0 Å². The van der Waals surface area contributed by atoms with Gasteiger partial charge in [0.1, 0.15) is 5.60 Å². The summed E-state index contributed by atoms with van der Waals surface area (Å²) in [5.41, 5.74) is 4.47. The first-order valence-corrected chi connectivity index (χ1v) is 9.97. The normalized spacial score (nSPS) is 20.7. The van der Waals surface area contributed by atoms with Crippen LogP contribution in [0.1, 0.15) is 29.7 Å². The van der Waals surface area contributed by atoms with E-state index < -0.39 is 11.7 Å². The monoisotopic (exact) mass is 393 g/mol. The lowest BCUT2D eigenvalue weighted by molar-refractivity contribution is -0.0416. The zero-order valence-electron chi connectivity index (χ0n) is 15.9. The van der Waals surface area contributed by atoms with Crippen molar-refractivity contribution in [3.05, 3.63) is 94.5 Å². The van der Waals surface area contributed by atoms with Gasteiger partial charge >= 0.3 is 0 Å². The Bertz CT molecular complexity index is 947. The van der Waals surface area contributed by atoms with E-state index >= 15 is 0 Å². The van der Waals surface area contributed by atoms with Crippen LogP contribution in [-0.4, -0.2) is 24.8 Å². The quantitative estimate of drug-likeness (QED) is 0.660. The lowest BCUT2D eigenvalue weighted by atomic mass is 9.78. The number of benzene rings is 3. The third-order valence-corrected chi connectivity index (χ3v) is 5.62. The molecule has 1 aliphatic heterocycles. The minimum atomic E-state index is -0.679. The van der Waals surface area contributed by atoms with Crippen LogP contribution in [0.3, 0.4) is 0 Å². The molecule has 0 bridgehead atoms. The molecule has 1 fully saturated rings. The first kappa shape index (κ1) is 19.2. The Kier molecular flexibility index (Phi) is 5.51. The lowest BCUT2D eigenvalue weighted by Gasteiger charge is -2.41. The fourth-order valence-electron chi connectivity index (χ4n) is 4.05. The van der Waals surface area contributed by atoms with E-state index in [0.29, 0.717) is 18.2 Å². The molecule has 28 heavy (non-hydrogen) atoms. The van der Waals surface area contributed by atoms with Gasteiger partial charge in [0, 0.05) is 18.1 Å². The summed E-state index contributed by atoms with van der Waals surface area (Å²) in [5.74, 6) is 0. The smallest absolute Gasteiger partial charge is 0.131 e. The highest BCUT2D eigenvalue weighted by Crippen LogP contribution is 2.42. The van der Waals surface area contributed by atoms with E-state index in [1.165, 1.54) is 0 Å². The van der Waals surface area contributed by atoms with Crippen LogP contribution < -0.4 is 5.32 Å². The third kappa shape index (κ3) is 3.47. The zero-order valence-corrected chi connectivity index (χ0v) is 16.6. The molecule has 144 valence electrons. The van der Waals surface area contributed by atoms with Crippen LogP contribution in [-0.2, 0) is 10.3 Å². The van der Waals surface area contributed by atoms with Gasteiger partial charge in [0.25, 0.3) is 0 Å². The molecule has 2 N–H and O–H groups in total. The highest BCUT2D eigenvalue weighted by molar-refractivity contribution is 6.30. The molecule has 1 saturated heterocycles. The molecule has 0 saturated carbocycles. The van der Waals surface area contributed by atoms with Crippen molar-refractivity contribution in [2.24, 2.45) is 0 Å². The van der Waals surface area contributed by atoms with Gasteiger partial charge in [-0.3, -0.25) is 0 Å². The van der Waals surface area contributed by atoms with Gasteiger partial charge in [0.2, 0.25) is 0 Å². The van der Waals surface area contributed by atoms with E-state index in [1.54, 1.807) is 6.92 Å². The van der Waals surface area contributed by atoms with E-state index in [-0.39, 0.29) is 0 Å². The van der Waals surface area contributed by atoms with Gasteiger partial charge in [-0.15, -0.1) is 0 Å². The number of aliphatic hydroxyl groups excluding tert-OH is 1. The van der Waals surface area contributed by atoms with Crippen LogP contribution >= 0.6 is 11.6 Å². The molecular weight excluding hydrogens is 370 g/mol. The van der Waals surface area contributed by atoms with Crippen LogP contribution in [0.25, 0.3) is 11.1 Å². The van der Waals surface area contributed by atoms with E-state index in [1.807, 2.05) is 54.6 Å². The van der Waals surface area contributed by atoms with Crippen LogP contribution in [0, 0.1) is 0 Å². The molecule has 0 aromatic heterocycles. The predicted molar refractivity (Wildman–Crippen MR) is 114 cm³/mol. The minimum absolute atomic E-state index is 0.582. The summed E-state index contributed by atoms with van der Waals surface area (Å²) in [7, 11) is 0. The first-order valence-electron chi connectivity index (χ1n) is 9.59. The van der Waals surface area contributed by atoms with Crippen molar-refractivity contribution in [3.63, 3.8) is 0 Å². The summed E-state index contributed by atoms with van der Waals surface area (Å²) in [6, 6.07) is 24.2. The molecule has 0 aliphatic carbocycles.